The first-order valence-electron chi connectivity index (χ1n) is 2.98. The average Bonchev–Trinajstić information content (AvgIpc) is 1.78. The number of allylic oxidation sites excluding steroid dienone is 1. The molecule has 0 heterocycles. The molecule has 1 rings (SSSR count). The van der Waals surface area contributed by atoms with Crippen LogP contribution < -0.4 is 0 Å². The normalized spacial score (nSPS) is 16.0. The van der Waals surface area contributed by atoms with E-state index in [9.17, 15) is 4.79 Å². The van der Waals surface area contributed by atoms with Crippen molar-refractivity contribution in [3.8, 4) is 0 Å². The highest BCUT2D eigenvalue weighted by atomic mass is 16.5. The van der Waals surface area contributed by atoms with Crippen LogP contribution in [0.2, 0.25) is 0 Å². The van der Waals surface area contributed by atoms with Gasteiger partial charge in [-0.3, -0.25) is 0 Å². The van der Waals surface area contributed by atoms with Gasteiger partial charge in [-0.15, -0.1) is 0 Å². The summed E-state index contributed by atoms with van der Waals surface area (Å²) >= 11 is 0. The lowest BCUT2D eigenvalue weighted by Gasteiger charge is -2.18. The van der Waals surface area contributed by atoms with E-state index in [0.29, 0.717) is 24.2 Å². The zero-order valence-electron chi connectivity index (χ0n) is 5.46. The standard InChI is InChI=1S/C7H8O3/c1-2-10-6-4-3-5(6)7(8)9/h2H,1,3-4H2,(H,8,9). The summed E-state index contributed by atoms with van der Waals surface area (Å²) in [6.45, 7) is 3.33. The summed E-state index contributed by atoms with van der Waals surface area (Å²) in [5.41, 5.74) is 0.375. The summed E-state index contributed by atoms with van der Waals surface area (Å²) in [6, 6.07) is 0. The van der Waals surface area contributed by atoms with Crippen molar-refractivity contribution in [1.82, 2.24) is 0 Å². The van der Waals surface area contributed by atoms with Gasteiger partial charge in [0.25, 0.3) is 0 Å². The van der Waals surface area contributed by atoms with Crippen LogP contribution in [0, 0.1) is 0 Å². The summed E-state index contributed by atoms with van der Waals surface area (Å²) in [6.07, 6.45) is 2.57. The van der Waals surface area contributed by atoms with Crippen LogP contribution in [-0.2, 0) is 9.53 Å². The summed E-state index contributed by atoms with van der Waals surface area (Å²) in [5.74, 6) is -0.342. The molecule has 3 nitrogen and oxygen atoms in total. The molecule has 1 aliphatic rings. The Morgan fingerprint density at radius 2 is 2.40 bits per heavy atom. The highest BCUT2D eigenvalue weighted by Crippen LogP contribution is 2.28. The molecule has 0 bridgehead atoms. The van der Waals surface area contributed by atoms with Crippen molar-refractivity contribution in [1.29, 1.82) is 0 Å². The number of carboxylic acids is 1. The third-order valence-corrected chi connectivity index (χ3v) is 1.42. The minimum absolute atomic E-state index is 0.375. The molecule has 54 valence electrons. The molecular weight excluding hydrogens is 132 g/mol. The largest absolute Gasteiger partial charge is 0.478 e. The molecule has 1 aliphatic carbocycles. The fraction of sp³-hybridized carbons (Fsp3) is 0.286. The second-order valence-corrected chi connectivity index (χ2v) is 1.99. The van der Waals surface area contributed by atoms with E-state index in [4.69, 9.17) is 9.84 Å². The van der Waals surface area contributed by atoms with Crippen LogP contribution in [0.3, 0.4) is 0 Å². The van der Waals surface area contributed by atoms with Crippen molar-refractivity contribution in [2.24, 2.45) is 0 Å². The number of hydrogen-bond donors (Lipinski definition) is 1. The molecule has 0 aliphatic heterocycles. The lowest BCUT2D eigenvalue weighted by molar-refractivity contribution is -0.133. The Labute approximate surface area is 58.6 Å². The second kappa shape index (κ2) is 2.56. The van der Waals surface area contributed by atoms with Gasteiger partial charge < -0.3 is 9.84 Å². The van der Waals surface area contributed by atoms with E-state index in [-0.39, 0.29) is 0 Å². The summed E-state index contributed by atoms with van der Waals surface area (Å²) in [7, 11) is 0. The van der Waals surface area contributed by atoms with Crippen molar-refractivity contribution in [2.45, 2.75) is 12.8 Å². The Kier molecular flexibility index (Phi) is 1.76. The second-order valence-electron chi connectivity index (χ2n) is 1.99. The van der Waals surface area contributed by atoms with Crippen LogP contribution in [0.15, 0.2) is 24.2 Å². The number of ether oxygens (including phenoxy) is 1. The van der Waals surface area contributed by atoms with Crippen LogP contribution in [0.5, 0.6) is 0 Å². The monoisotopic (exact) mass is 140 g/mol. The minimum atomic E-state index is -0.886. The first kappa shape index (κ1) is 6.86. The number of rotatable bonds is 3. The molecule has 0 aromatic carbocycles. The van der Waals surface area contributed by atoms with E-state index < -0.39 is 5.97 Å². The van der Waals surface area contributed by atoms with Gasteiger partial charge in [-0.1, -0.05) is 6.58 Å². The van der Waals surface area contributed by atoms with Gasteiger partial charge in [0, 0.05) is 6.42 Å². The van der Waals surface area contributed by atoms with E-state index in [2.05, 4.69) is 6.58 Å². The van der Waals surface area contributed by atoms with Crippen LogP contribution in [0.4, 0.5) is 0 Å². The van der Waals surface area contributed by atoms with Crippen LogP contribution in [0.25, 0.3) is 0 Å². The number of aliphatic carboxylic acids is 1. The molecule has 0 aromatic rings. The molecule has 1 N–H and O–H groups in total. The van der Waals surface area contributed by atoms with E-state index >= 15 is 0 Å². The molecule has 0 spiro atoms. The first-order valence-corrected chi connectivity index (χ1v) is 2.98. The Hall–Kier alpha value is -1.25. The van der Waals surface area contributed by atoms with Gasteiger partial charge in [0.2, 0.25) is 0 Å². The topological polar surface area (TPSA) is 46.5 Å². The fourth-order valence-corrected chi connectivity index (χ4v) is 0.809. The summed E-state index contributed by atoms with van der Waals surface area (Å²) in [5, 5.41) is 8.46. The maximum absolute atomic E-state index is 10.3. The molecule has 0 fully saturated rings. The highest BCUT2D eigenvalue weighted by molar-refractivity contribution is 5.88. The smallest absolute Gasteiger partial charge is 0.335 e. The van der Waals surface area contributed by atoms with E-state index in [1.54, 1.807) is 0 Å². The van der Waals surface area contributed by atoms with E-state index in [1.165, 1.54) is 6.26 Å². The van der Waals surface area contributed by atoms with Gasteiger partial charge in [0.05, 0.1) is 11.8 Å². The van der Waals surface area contributed by atoms with Crippen LogP contribution in [0.1, 0.15) is 12.8 Å². The van der Waals surface area contributed by atoms with Crippen molar-refractivity contribution < 1.29 is 14.6 Å². The summed E-state index contributed by atoms with van der Waals surface area (Å²) in [4.78, 5) is 10.3. The predicted octanol–water partition coefficient (Wildman–Crippen LogP) is 1.28. The molecule has 0 aromatic heterocycles. The molecule has 0 saturated carbocycles. The Morgan fingerprint density at radius 1 is 1.70 bits per heavy atom. The zero-order chi connectivity index (χ0) is 7.56. The van der Waals surface area contributed by atoms with Crippen LogP contribution >= 0.6 is 0 Å². The van der Waals surface area contributed by atoms with Crippen molar-refractivity contribution in [3.63, 3.8) is 0 Å². The van der Waals surface area contributed by atoms with Crippen molar-refractivity contribution in [3.05, 3.63) is 24.2 Å². The van der Waals surface area contributed by atoms with Crippen LogP contribution in [-0.4, -0.2) is 11.1 Å². The molecule has 10 heavy (non-hydrogen) atoms. The van der Waals surface area contributed by atoms with Gasteiger partial charge in [-0.25, -0.2) is 4.79 Å². The maximum Gasteiger partial charge on any atom is 0.335 e. The maximum atomic E-state index is 10.3. The molecule has 0 atom stereocenters. The average molecular weight is 140 g/mol. The minimum Gasteiger partial charge on any atom is -0.478 e. The van der Waals surface area contributed by atoms with E-state index in [1.807, 2.05) is 0 Å². The van der Waals surface area contributed by atoms with E-state index in [0.717, 1.165) is 0 Å². The van der Waals surface area contributed by atoms with Gasteiger partial charge in [0.15, 0.2) is 0 Å². The highest BCUT2D eigenvalue weighted by Gasteiger charge is 2.23. The predicted molar refractivity (Wildman–Crippen MR) is 35.2 cm³/mol. The fourth-order valence-electron chi connectivity index (χ4n) is 0.809. The van der Waals surface area contributed by atoms with Gasteiger partial charge in [0.1, 0.15) is 5.76 Å². The quantitative estimate of drug-likeness (QED) is 0.600. The van der Waals surface area contributed by atoms with Gasteiger partial charge in [-0.05, 0) is 6.42 Å². The molecule has 0 unspecified atom stereocenters. The van der Waals surface area contributed by atoms with Crippen molar-refractivity contribution >= 4 is 5.97 Å². The Bertz CT molecular complexity index is 203. The number of hydrogen-bond acceptors (Lipinski definition) is 2. The molecule has 3 heteroatoms. The number of carbonyl (C=O) groups is 1. The third-order valence-electron chi connectivity index (χ3n) is 1.42. The van der Waals surface area contributed by atoms with Crippen molar-refractivity contribution in [2.75, 3.05) is 0 Å². The van der Waals surface area contributed by atoms with Gasteiger partial charge in [-0.2, -0.15) is 0 Å². The SMILES string of the molecule is C=COC1=C(C(=O)O)CC1. The number of carboxylic acid groups (broad SMARTS) is 1. The lowest BCUT2D eigenvalue weighted by atomic mass is 9.96. The Morgan fingerprint density at radius 3 is 2.70 bits per heavy atom. The summed E-state index contributed by atoms with van der Waals surface area (Å²) < 4.78 is 4.81. The Balaban J connectivity index is 2.66. The lowest BCUT2D eigenvalue weighted by Crippen LogP contribution is -2.13. The zero-order valence-corrected chi connectivity index (χ0v) is 5.46. The molecule has 0 amide bonds. The van der Waals surface area contributed by atoms with Gasteiger partial charge >= 0.3 is 5.97 Å². The first-order chi connectivity index (χ1) is 4.75. The molecule has 0 radical (unpaired) electrons. The molecule has 0 saturated heterocycles. The third kappa shape index (κ3) is 1.03. The molecular formula is C7H8O3.